The number of ketones is 1. The van der Waals surface area contributed by atoms with E-state index in [0.29, 0.717) is 35.4 Å². The van der Waals surface area contributed by atoms with Crippen molar-refractivity contribution in [3.8, 4) is 0 Å². The molecule has 0 radical (unpaired) electrons. The van der Waals surface area contributed by atoms with E-state index in [-0.39, 0.29) is 31.1 Å². The minimum Gasteiger partial charge on any atom is -0.464 e. The lowest BCUT2D eigenvalue weighted by Gasteiger charge is -2.01. The van der Waals surface area contributed by atoms with Crippen LogP contribution in [0.25, 0.3) is 11.0 Å². The molecule has 0 atom stereocenters. The summed E-state index contributed by atoms with van der Waals surface area (Å²) in [4.78, 5) is 31.1. The summed E-state index contributed by atoms with van der Waals surface area (Å²) in [5.41, 5.74) is 1.79. The fourth-order valence-electron chi connectivity index (χ4n) is 2.51. The summed E-state index contributed by atoms with van der Waals surface area (Å²) >= 11 is 0. The van der Waals surface area contributed by atoms with Crippen molar-refractivity contribution in [2.75, 3.05) is 26.9 Å². The summed E-state index contributed by atoms with van der Waals surface area (Å²) < 4.78 is 11.3. The second kappa shape index (κ2) is 8.52. The van der Waals surface area contributed by atoms with E-state index in [1.54, 1.807) is 24.5 Å². The number of hydrogen-bond acceptors (Lipinski definition) is 8. The third-order valence-electron chi connectivity index (χ3n) is 3.82. The van der Waals surface area contributed by atoms with Crippen molar-refractivity contribution in [1.29, 1.82) is 0 Å². The van der Waals surface area contributed by atoms with Gasteiger partial charge in [-0.3, -0.25) is 4.79 Å². The third kappa shape index (κ3) is 4.54. The lowest BCUT2D eigenvalue weighted by atomic mass is 10.1. The zero-order chi connectivity index (χ0) is 19.2. The first kappa shape index (κ1) is 18.7. The number of carbonyl (C=O) groups excluding carboxylic acids is 2. The molecular formula is C17H19N5O5. The first-order chi connectivity index (χ1) is 13.1. The van der Waals surface area contributed by atoms with E-state index < -0.39 is 5.97 Å². The van der Waals surface area contributed by atoms with Gasteiger partial charge in [0.2, 0.25) is 0 Å². The topological polar surface area (TPSA) is 132 Å². The summed E-state index contributed by atoms with van der Waals surface area (Å²) in [5.74, 6) is -0.674. The first-order valence-electron chi connectivity index (χ1n) is 8.28. The van der Waals surface area contributed by atoms with Gasteiger partial charge in [0, 0.05) is 18.0 Å². The summed E-state index contributed by atoms with van der Waals surface area (Å²) in [5, 5.41) is 17.1. The number of aliphatic hydroxyl groups excluding tert-OH is 1. The van der Waals surface area contributed by atoms with Crippen molar-refractivity contribution in [3.63, 3.8) is 0 Å². The lowest BCUT2D eigenvalue weighted by molar-refractivity contribution is 0.0595. The van der Waals surface area contributed by atoms with Crippen molar-refractivity contribution < 1.29 is 24.2 Å². The number of Topliss-reactive ketones (excluding diaryl/α,β-unsaturated/α-hetero) is 1. The zero-order valence-electron chi connectivity index (χ0n) is 14.7. The highest BCUT2D eigenvalue weighted by Gasteiger charge is 2.14. The normalized spacial score (nSPS) is 11.0. The number of ether oxygens (including phenoxy) is 2. The van der Waals surface area contributed by atoms with Crippen LogP contribution in [0.5, 0.6) is 0 Å². The lowest BCUT2D eigenvalue weighted by Crippen LogP contribution is -2.09. The van der Waals surface area contributed by atoms with Crippen LogP contribution in [0.15, 0.2) is 24.5 Å². The highest BCUT2D eigenvalue weighted by molar-refractivity contribution is 5.96. The number of H-pyrrole nitrogens is 1. The van der Waals surface area contributed by atoms with Crippen LogP contribution in [-0.4, -0.2) is 68.8 Å². The number of esters is 1. The number of methoxy groups -OCH3 is 1. The van der Waals surface area contributed by atoms with E-state index in [1.165, 1.54) is 11.8 Å². The molecule has 0 aliphatic carbocycles. The van der Waals surface area contributed by atoms with E-state index in [9.17, 15) is 9.59 Å². The Morgan fingerprint density at radius 1 is 1.30 bits per heavy atom. The van der Waals surface area contributed by atoms with Gasteiger partial charge in [-0.2, -0.15) is 0 Å². The molecule has 3 heterocycles. The van der Waals surface area contributed by atoms with Gasteiger partial charge in [-0.1, -0.05) is 5.21 Å². The molecule has 0 aromatic carbocycles. The van der Waals surface area contributed by atoms with Gasteiger partial charge in [-0.25, -0.2) is 14.5 Å². The SMILES string of the molecule is COC(=O)c1cc2cc(CC(=O)c3cn(CCOCCO)nn3)cnc2[nH]1. The molecule has 27 heavy (non-hydrogen) atoms. The Bertz CT molecular complexity index is 948. The van der Waals surface area contributed by atoms with Gasteiger partial charge in [-0.05, 0) is 17.7 Å². The maximum absolute atomic E-state index is 12.4. The van der Waals surface area contributed by atoms with Crippen LogP contribution in [0.4, 0.5) is 0 Å². The van der Waals surface area contributed by atoms with Crippen molar-refractivity contribution in [3.05, 3.63) is 41.5 Å². The summed E-state index contributed by atoms with van der Waals surface area (Å²) in [6.45, 7) is 1.02. The number of aromatic amines is 1. The first-order valence-corrected chi connectivity index (χ1v) is 8.28. The van der Waals surface area contributed by atoms with Crippen molar-refractivity contribution in [1.82, 2.24) is 25.0 Å². The minimum atomic E-state index is -0.481. The Labute approximate surface area is 154 Å². The number of hydrogen-bond donors (Lipinski definition) is 2. The van der Waals surface area contributed by atoms with Crippen LogP contribution >= 0.6 is 0 Å². The maximum Gasteiger partial charge on any atom is 0.354 e. The van der Waals surface area contributed by atoms with Crippen molar-refractivity contribution in [2.24, 2.45) is 0 Å². The van der Waals surface area contributed by atoms with E-state index in [4.69, 9.17) is 9.84 Å². The van der Waals surface area contributed by atoms with E-state index >= 15 is 0 Å². The van der Waals surface area contributed by atoms with Crippen LogP contribution in [0.1, 0.15) is 26.5 Å². The molecule has 10 heteroatoms. The number of aromatic nitrogens is 5. The van der Waals surface area contributed by atoms with Crippen LogP contribution in [0.3, 0.4) is 0 Å². The average molecular weight is 373 g/mol. The zero-order valence-corrected chi connectivity index (χ0v) is 14.7. The van der Waals surface area contributed by atoms with Gasteiger partial charge < -0.3 is 19.6 Å². The number of pyridine rings is 1. The fourth-order valence-corrected chi connectivity index (χ4v) is 2.51. The number of fused-ring (bicyclic) bond motifs is 1. The molecule has 0 spiro atoms. The molecular weight excluding hydrogens is 354 g/mol. The fraction of sp³-hybridized carbons (Fsp3) is 0.353. The number of aliphatic hydroxyl groups is 1. The summed E-state index contributed by atoms with van der Waals surface area (Å²) in [6, 6.07) is 3.42. The van der Waals surface area contributed by atoms with Gasteiger partial charge in [0.25, 0.3) is 0 Å². The standard InChI is InChI=1S/C17H19N5O5/c1-26-17(25)13-8-12-6-11(9-18-16(12)19-13)7-15(24)14-10-22(21-20-14)2-4-27-5-3-23/h6,8-10,23H,2-5,7H2,1H3,(H,18,19). The molecule has 0 fully saturated rings. The van der Waals surface area contributed by atoms with E-state index in [0.717, 1.165) is 0 Å². The van der Waals surface area contributed by atoms with Gasteiger partial charge in [0.15, 0.2) is 5.78 Å². The molecule has 10 nitrogen and oxygen atoms in total. The van der Waals surface area contributed by atoms with Gasteiger partial charge in [0.05, 0.1) is 39.7 Å². The number of nitrogens with zero attached hydrogens (tertiary/aromatic N) is 4. The van der Waals surface area contributed by atoms with Gasteiger partial charge in [0.1, 0.15) is 17.0 Å². The van der Waals surface area contributed by atoms with Gasteiger partial charge in [-0.15, -0.1) is 5.10 Å². The monoisotopic (exact) mass is 373 g/mol. The second-order valence-electron chi connectivity index (χ2n) is 5.76. The Hall–Kier alpha value is -3.11. The molecule has 0 saturated heterocycles. The summed E-state index contributed by atoms with van der Waals surface area (Å²) in [6.07, 6.45) is 3.24. The molecule has 0 bridgehead atoms. The Balaban J connectivity index is 1.65. The van der Waals surface area contributed by atoms with E-state index in [1.807, 2.05) is 0 Å². The number of rotatable bonds is 9. The van der Waals surface area contributed by atoms with Crippen LogP contribution in [0, 0.1) is 0 Å². The number of carbonyl (C=O) groups is 2. The van der Waals surface area contributed by atoms with Crippen LogP contribution in [0.2, 0.25) is 0 Å². The molecule has 0 aliphatic rings. The molecule has 2 N–H and O–H groups in total. The Morgan fingerprint density at radius 2 is 2.15 bits per heavy atom. The molecule has 0 saturated carbocycles. The predicted molar refractivity (Wildman–Crippen MR) is 93.4 cm³/mol. The minimum absolute atomic E-state index is 0.0399. The molecule has 3 rings (SSSR count). The predicted octanol–water partition coefficient (Wildman–Crippen LogP) is 0.375. The highest BCUT2D eigenvalue weighted by atomic mass is 16.5. The molecule has 0 aliphatic heterocycles. The third-order valence-corrected chi connectivity index (χ3v) is 3.82. The van der Waals surface area contributed by atoms with Crippen LogP contribution < -0.4 is 0 Å². The second-order valence-corrected chi connectivity index (χ2v) is 5.76. The molecule has 3 aromatic rings. The van der Waals surface area contributed by atoms with Crippen LogP contribution in [-0.2, 0) is 22.4 Å². The quantitative estimate of drug-likeness (QED) is 0.312. The van der Waals surface area contributed by atoms with E-state index in [2.05, 4.69) is 25.0 Å². The smallest absolute Gasteiger partial charge is 0.354 e. The average Bonchev–Trinajstić information content (AvgIpc) is 3.31. The molecule has 0 amide bonds. The highest BCUT2D eigenvalue weighted by Crippen LogP contribution is 2.16. The summed E-state index contributed by atoms with van der Waals surface area (Å²) in [7, 11) is 1.30. The molecule has 0 unspecified atom stereocenters. The molecule has 142 valence electrons. The molecule has 3 aromatic heterocycles. The Kier molecular flexibility index (Phi) is 5.89. The Morgan fingerprint density at radius 3 is 2.93 bits per heavy atom. The van der Waals surface area contributed by atoms with Crippen molar-refractivity contribution >= 4 is 22.8 Å². The maximum atomic E-state index is 12.4. The number of nitrogens with one attached hydrogen (secondary N) is 1. The van der Waals surface area contributed by atoms with Crippen molar-refractivity contribution in [2.45, 2.75) is 13.0 Å². The largest absolute Gasteiger partial charge is 0.464 e. The van der Waals surface area contributed by atoms with Gasteiger partial charge >= 0.3 is 5.97 Å².